The molecule has 0 atom stereocenters. The highest BCUT2D eigenvalue weighted by Gasteiger charge is 1.97. The summed E-state index contributed by atoms with van der Waals surface area (Å²) in [5.74, 6) is 0.964. The van der Waals surface area contributed by atoms with E-state index in [1.54, 1.807) is 25.1 Å². The van der Waals surface area contributed by atoms with Crippen molar-refractivity contribution < 1.29 is 14.3 Å². The first-order chi connectivity index (χ1) is 8.22. The minimum atomic E-state index is 0.240. The van der Waals surface area contributed by atoms with Gasteiger partial charge in [-0.05, 0) is 38.3 Å². The van der Waals surface area contributed by atoms with Crippen LogP contribution >= 0.6 is 0 Å². The normalized spacial score (nSPS) is 9.94. The number of hydrogen-bond acceptors (Lipinski definition) is 3. The van der Waals surface area contributed by atoms with Crippen molar-refractivity contribution >= 4 is 12.1 Å². The summed E-state index contributed by atoms with van der Waals surface area (Å²) in [5, 5.41) is 0. The summed E-state index contributed by atoms with van der Waals surface area (Å²) in [4.78, 5) is 21.3. The summed E-state index contributed by atoms with van der Waals surface area (Å²) in [6.45, 7) is 2.24. The van der Waals surface area contributed by atoms with E-state index in [4.69, 9.17) is 4.74 Å². The highest BCUT2D eigenvalue weighted by molar-refractivity contribution is 5.75. The van der Waals surface area contributed by atoms with Gasteiger partial charge >= 0.3 is 0 Å². The summed E-state index contributed by atoms with van der Waals surface area (Å²) >= 11 is 0. The van der Waals surface area contributed by atoms with E-state index in [2.05, 4.69) is 0 Å². The largest absolute Gasteiger partial charge is 0.494 e. The molecule has 0 radical (unpaired) electrons. The van der Waals surface area contributed by atoms with E-state index in [9.17, 15) is 9.59 Å². The monoisotopic (exact) mass is 234 g/mol. The van der Waals surface area contributed by atoms with Crippen LogP contribution in [0.5, 0.6) is 5.75 Å². The fourth-order valence-corrected chi connectivity index (χ4v) is 1.52. The molecule has 0 aromatic heterocycles. The minimum absolute atomic E-state index is 0.240. The van der Waals surface area contributed by atoms with Gasteiger partial charge in [0, 0.05) is 12.0 Å². The summed E-state index contributed by atoms with van der Waals surface area (Å²) in [6, 6.07) is 7.10. The molecule has 92 valence electrons. The summed E-state index contributed by atoms with van der Waals surface area (Å²) in [5.41, 5.74) is 0.624. The van der Waals surface area contributed by atoms with Gasteiger partial charge < -0.3 is 9.53 Å². The molecule has 17 heavy (non-hydrogen) atoms. The molecule has 0 aliphatic carbocycles. The topological polar surface area (TPSA) is 43.4 Å². The Morgan fingerprint density at radius 2 is 2.12 bits per heavy atom. The van der Waals surface area contributed by atoms with Crippen molar-refractivity contribution in [2.75, 3.05) is 6.61 Å². The molecule has 1 aromatic carbocycles. The van der Waals surface area contributed by atoms with Gasteiger partial charge in [0.2, 0.25) is 0 Å². The lowest BCUT2D eigenvalue weighted by Gasteiger charge is -2.06. The Hall–Kier alpha value is -1.64. The van der Waals surface area contributed by atoms with Crippen LogP contribution in [0.2, 0.25) is 0 Å². The van der Waals surface area contributed by atoms with E-state index >= 15 is 0 Å². The Morgan fingerprint density at radius 1 is 1.29 bits per heavy atom. The summed E-state index contributed by atoms with van der Waals surface area (Å²) < 4.78 is 5.51. The molecular formula is C14H18O3. The SMILES string of the molecule is CC(=O)CCCCCOc1cccc(C=O)c1. The fraction of sp³-hybridized carbons (Fsp3) is 0.429. The van der Waals surface area contributed by atoms with Crippen molar-refractivity contribution in [3.05, 3.63) is 29.8 Å². The lowest BCUT2D eigenvalue weighted by Crippen LogP contribution is -1.98. The molecule has 0 bridgehead atoms. The van der Waals surface area contributed by atoms with Crippen LogP contribution in [-0.4, -0.2) is 18.7 Å². The maximum Gasteiger partial charge on any atom is 0.150 e. The zero-order valence-corrected chi connectivity index (χ0v) is 10.1. The second kappa shape index (κ2) is 7.60. The van der Waals surface area contributed by atoms with Gasteiger partial charge in [-0.15, -0.1) is 0 Å². The maximum absolute atomic E-state index is 10.7. The van der Waals surface area contributed by atoms with Crippen LogP contribution in [0.1, 0.15) is 43.0 Å². The predicted molar refractivity (Wildman–Crippen MR) is 66.5 cm³/mol. The molecule has 0 saturated heterocycles. The van der Waals surface area contributed by atoms with Crippen LogP contribution in [0.3, 0.4) is 0 Å². The Kier molecular flexibility index (Phi) is 6.00. The number of benzene rings is 1. The fourth-order valence-electron chi connectivity index (χ4n) is 1.52. The zero-order chi connectivity index (χ0) is 12.5. The number of carbonyl (C=O) groups is 2. The van der Waals surface area contributed by atoms with Crippen LogP contribution in [0, 0.1) is 0 Å². The van der Waals surface area contributed by atoms with E-state index in [1.807, 2.05) is 6.07 Å². The smallest absolute Gasteiger partial charge is 0.150 e. The quantitative estimate of drug-likeness (QED) is 0.513. The molecule has 3 heteroatoms. The molecule has 0 N–H and O–H groups in total. The standard InChI is InChI=1S/C14H18O3/c1-12(16)6-3-2-4-9-17-14-8-5-7-13(10-14)11-15/h5,7-8,10-11H,2-4,6,9H2,1H3. The van der Waals surface area contributed by atoms with E-state index < -0.39 is 0 Å². The van der Waals surface area contributed by atoms with Crippen LogP contribution in [-0.2, 0) is 4.79 Å². The molecule has 0 fully saturated rings. The van der Waals surface area contributed by atoms with Crippen molar-refractivity contribution in [2.24, 2.45) is 0 Å². The Morgan fingerprint density at radius 3 is 2.82 bits per heavy atom. The molecule has 0 unspecified atom stereocenters. The van der Waals surface area contributed by atoms with Gasteiger partial charge in [0.25, 0.3) is 0 Å². The molecular weight excluding hydrogens is 216 g/mol. The van der Waals surface area contributed by atoms with Crippen LogP contribution < -0.4 is 4.74 Å². The number of ketones is 1. The highest BCUT2D eigenvalue weighted by Crippen LogP contribution is 2.12. The molecule has 0 amide bonds. The number of unbranched alkanes of at least 4 members (excludes halogenated alkanes) is 2. The first-order valence-electron chi connectivity index (χ1n) is 5.90. The molecule has 0 saturated carbocycles. The van der Waals surface area contributed by atoms with Gasteiger partial charge in [-0.2, -0.15) is 0 Å². The Bertz CT molecular complexity index is 371. The van der Waals surface area contributed by atoms with Crippen molar-refractivity contribution in [3.63, 3.8) is 0 Å². The van der Waals surface area contributed by atoms with Crippen molar-refractivity contribution in [3.8, 4) is 5.75 Å². The molecule has 0 aliphatic heterocycles. The number of ether oxygens (including phenoxy) is 1. The third kappa shape index (κ3) is 5.85. The van der Waals surface area contributed by atoms with Crippen LogP contribution in [0.25, 0.3) is 0 Å². The summed E-state index contributed by atoms with van der Waals surface area (Å²) in [6.07, 6.45) is 4.30. The Balaban J connectivity index is 2.17. The average Bonchev–Trinajstić information content (AvgIpc) is 2.33. The highest BCUT2D eigenvalue weighted by atomic mass is 16.5. The first kappa shape index (κ1) is 13.4. The number of carbonyl (C=O) groups excluding carboxylic acids is 2. The molecule has 1 aromatic rings. The van der Waals surface area contributed by atoms with Gasteiger partial charge in [-0.1, -0.05) is 12.1 Å². The molecule has 0 aliphatic rings. The number of hydrogen-bond donors (Lipinski definition) is 0. The van der Waals surface area contributed by atoms with E-state index in [0.29, 0.717) is 18.6 Å². The zero-order valence-electron chi connectivity index (χ0n) is 10.1. The lowest BCUT2D eigenvalue weighted by atomic mass is 10.1. The molecule has 0 spiro atoms. The molecule has 3 nitrogen and oxygen atoms in total. The summed E-state index contributed by atoms with van der Waals surface area (Å²) in [7, 11) is 0. The Labute approximate surface area is 102 Å². The second-order valence-corrected chi connectivity index (χ2v) is 4.05. The van der Waals surface area contributed by atoms with E-state index in [-0.39, 0.29) is 5.78 Å². The van der Waals surface area contributed by atoms with Crippen LogP contribution in [0.4, 0.5) is 0 Å². The minimum Gasteiger partial charge on any atom is -0.494 e. The second-order valence-electron chi connectivity index (χ2n) is 4.05. The third-order valence-electron chi connectivity index (χ3n) is 2.44. The van der Waals surface area contributed by atoms with Crippen molar-refractivity contribution in [1.82, 2.24) is 0 Å². The van der Waals surface area contributed by atoms with Crippen molar-refractivity contribution in [2.45, 2.75) is 32.6 Å². The molecule has 0 heterocycles. The van der Waals surface area contributed by atoms with Crippen LogP contribution in [0.15, 0.2) is 24.3 Å². The van der Waals surface area contributed by atoms with Gasteiger partial charge in [0.1, 0.15) is 17.8 Å². The third-order valence-corrected chi connectivity index (χ3v) is 2.44. The number of Topliss-reactive ketones (excluding diaryl/α,β-unsaturated/α-hetero) is 1. The van der Waals surface area contributed by atoms with E-state index in [1.165, 1.54) is 0 Å². The lowest BCUT2D eigenvalue weighted by molar-refractivity contribution is -0.117. The van der Waals surface area contributed by atoms with Crippen molar-refractivity contribution in [1.29, 1.82) is 0 Å². The van der Waals surface area contributed by atoms with E-state index in [0.717, 1.165) is 31.3 Å². The number of aldehydes is 1. The van der Waals surface area contributed by atoms with Gasteiger partial charge in [0.15, 0.2) is 0 Å². The van der Waals surface area contributed by atoms with Gasteiger partial charge in [-0.25, -0.2) is 0 Å². The molecule has 1 rings (SSSR count). The average molecular weight is 234 g/mol. The predicted octanol–water partition coefficient (Wildman–Crippen LogP) is 3.03. The van der Waals surface area contributed by atoms with Gasteiger partial charge in [-0.3, -0.25) is 4.79 Å². The number of rotatable bonds is 8. The maximum atomic E-state index is 10.7. The first-order valence-corrected chi connectivity index (χ1v) is 5.90. The van der Waals surface area contributed by atoms with Gasteiger partial charge in [0.05, 0.1) is 6.61 Å².